The zero-order chi connectivity index (χ0) is 11.3. The van der Waals surface area contributed by atoms with E-state index in [0.29, 0.717) is 13.0 Å². The predicted molar refractivity (Wildman–Crippen MR) is 61.3 cm³/mol. The Morgan fingerprint density at radius 1 is 1.67 bits per heavy atom. The number of nitrogens with two attached hydrogens (primary N) is 1. The van der Waals surface area contributed by atoms with Crippen LogP contribution in [0.15, 0.2) is 10.9 Å². The number of hydrogen-bond donors (Lipinski definition) is 2. The smallest absolute Gasteiger partial charge is 0.215 e. The first-order chi connectivity index (χ1) is 7.06. The van der Waals surface area contributed by atoms with Crippen molar-refractivity contribution < 1.29 is 8.42 Å². The van der Waals surface area contributed by atoms with Crippen LogP contribution >= 0.6 is 11.3 Å². The minimum atomic E-state index is -3.26. The maximum Gasteiger partial charge on any atom is 0.215 e. The lowest BCUT2D eigenvalue weighted by Crippen LogP contribution is -2.37. The highest BCUT2D eigenvalue weighted by Crippen LogP contribution is 2.01. The van der Waals surface area contributed by atoms with Crippen LogP contribution in [0.1, 0.15) is 12.6 Å². The quantitative estimate of drug-likeness (QED) is 0.740. The molecule has 1 aromatic heterocycles. The first-order valence-electron chi connectivity index (χ1n) is 4.62. The Bertz CT molecular complexity index is 375. The molecule has 1 rings (SSSR count). The molecule has 1 heterocycles. The van der Waals surface area contributed by atoms with Gasteiger partial charge in [-0.15, -0.1) is 11.3 Å². The van der Waals surface area contributed by atoms with E-state index < -0.39 is 15.3 Å². The largest absolute Gasteiger partial charge is 0.329 e. The van der Waals surface area contributed by atoms with Gasteiger partial charge < -0.3 is 5.73 Å². The summed E-state index contributed by atoms with van der Waals surface area (Å²) in [6.07, 6.45) is 0.611. The summed E-state index contributed by atoms with van der Waals surface area (Å²) in [5.41, 5.74) is 7.93. The van der Waals surface area contributed by atoms with Crippen LogP contribution in [0.5, 0.6) is 0 Å². The lowest BCUT2D eigenvalue weighted by Gasteiger charge is -2.10. The Labute approximate surface area is 93.8 Å². The molecule has 3 N–H and O–H groups in total. The molecule has 1 aromatic rings. The van der Waals surface area contributed by atoms with Crippen molar-refractivity contribution in [3.8, 4) is 0 Å². The highest BCUT2D eigenvalue weighted by Gasteiger charge is 2.17. The minimum Gasteiger partial charge on any atom is -0.329 e. The van der Waals surface area contributed by atoms with Gasteiger partial charge >= 0.3 is 0 Å². The van der Waals surface area contributed by atoms with Gasteiger partial charge in [0.2, 0.25) is 10.0 Å². The van der Waals surface area contributed by atoms with Gasteiger partial charge in [0, 0.05) is 24.9 Å². The summed E-state index contributed by atoms with van der Waals surface area (Å²) in [4.78, 5) is 4.06. The van der Waals surface area contributed by atoms with E-state index in [-0.39, 0.29) is 6.54 Å². The highest BCUT2D eigenvalue weighted by atomic mass is 32.2. The van der Waals surface area contributed by atoms with Crippen LogP contribution in [-0.2, 0) is 16.4 Å². The van der Waals surface area contributed by atoms with Crippen molar-refractivity contribution in [3.05, 3.63) is 16.6 Å². The van der Waals surface area contributed by atoms with Gasteiger partial charge in [-0.25, -0.2) is 18.1 Å². The van der Waals surface area contributed by atoms with E-state index in [1.807, 2.05) is 5.38 Å². The standard InChI is InChI=1S/C8H15N3O2S2/c1-7(4-9)15(12,13)11-3-2-8-5-14-6-10-8/h5-7,11H,2-4,9H2,1H3. The number of rotatable bonds is 6. The zero-order valence-electron chi connectivity index (χ0n) is 8.51. The van der Waals surface area contributed by atoms with Gasteiger partial charge in [-0.3, -0.25) is 0 Å². The van der Waals surface area contributed by atoms with Crippen molar-refractivity contribution in [2.24, 2.45) is 5.73 Å². The molecule has 0 aliphatic rings. The predicted octanol–water partition coefficient (Wildman–Crippen LogP) is -0.0478. The second-order valence-electron chi connectivity index (χ2n) is 3.22. The average Bonchev–Trinajstić information content (AvgIpc) is 2.69. The Hall–Kier alpha value is -0.500. The highest BCUT2D eigenvalue weighted by molar-refractivity contribution is 7.90. The number of thiazole rings is 1. The van der Waals surface area contributed by atoms with Crippen LogP contribution in [0.25, 0.3) is 0 Å². The monoisotopic (exact) mass is 249 g/mol. The molecule has 0 fully saturated rings. The second kappa shape index (κ2) is 5.55. The van der Waals surface area contributed by atoms with E-state index in [4.69, 9.17) is 5.73 Å². The summed E-state index contributed by atoms with van der Waals surface area (Å²) >= 11 is 1.50. The molecule has 7 heteroatoms. The molecule has 0 radical (unpaired) electrons. The summed E-state index contributed by atoms with van der Waals surface area (Å²) in [6.45, 7) is 2.09. The average molecular weight is 249 g/mol. The van der Waals surface area contributed by atoms with Gasteiger partial charge in [0.15, 0.2) is 0 Å². The number of sulfonamides is 1. The van der Waals surface area contributed by atoms with Gasteiger partial charge in [0.1, 0.15) is 0 Å². The second-order valence-corrected chi connectivity index (χ2v) is 6.12. The fraction of sp³-hybridized carbons (Fsp3) is 0.625. The van der Waals surface area contributed by atoms with Gasteiger partial charge in [0.25, 0.3) is 0 Å². The molecule has 1 atom stereocenters. The lowest BCUT2D eigenvalue weighted by atomic mass is 10.3. The molecule has 0 aliphatic heterocycles. The molecule has 0 aromatic carbocycles. The van der Waals surface area contributed by atoms with Crippen LogP contribution in [0.2, 0.25) is 0 Å². The summed E-state index contributed by atoms with van der Waals surface area (Å²) in [5, 5.41) is 1.36. The van der Waals surface area contributed by atoms with Crippen molar-refractivity contribution in [1.82, 2.24) is 9.71 Å². The Kier molecular flexibility index (Phi) is 4.65. The summed E-state index contributed by atoms with van der Waals surface area (Å²) in [6, 6.07) is 0. The molecule has 0 saturated heterocycles. The molecule has 0 aliphatic carbocycles. The summed E-state index contributed by atoms with van der Waals surface area (Å²) < 4.78 is 25.5. The third-order valence-corrected chi connectivity index (χ3v) is 4.52. The molecule has 15 heavy (non-hydrogen) atoms. The summed E-state index contributed by atoms with van der Waals surface area (Å²) in [7, 11) is -3.26. The van der Waals surface area contributed by atoms with Gasteiger partial charge in [-0.1, -0.05) is 0 Å². The van der Waals surface area contributed by atoms with Gasteiger partial charge in [-0.05, 0) is 6.92 Å². The lowest BCUT2D eigenvalue weighted by molar-refractivity contribution is 0.569. The van der Waals surface area contributed by atoms with E-state index >= 15 is 0 Å². The van der Waals surface area contributed by atoms with Crippen molar-refractivity contribution in [1.29, 1.82) is 0 Å². The normalized spacial score (nSPS) is 14.0. The number of aromatic nitrogens is 1. The van der Waals surface area contributed by atoms with Crippen LogP contribution in [0.3, 0.4) is 0 Å². The van der Waals surface area contributed by atoms with E-state index in [1.54, 1.807) is 12.4 Å². The zero-order valence-corrected chi connectivity index (χ0v) is 10.1. The SMILES string of the molecule is CC(CN)S(=O)(=O)NCCc1cscn1. The van der Waals surface area contributed by atoms with E-state index in [2.05, 4.69) is 9.71 Å². The first-order valence-corrected chi connectivity index (χ1v) is 7.11. The molecular formula is C8H15N3O2S2. The third kappa shape index (κ3) is 3.86. The topological polar surface area (TPSA) is 85.1 Å². The van der Waals surface area contributed by atoms with Crippen LogP contribution in [-0.4, -0.2) is 31.7 Å². The Balaban J connectivity index is 2.37. The van der Waals surface area contributed by atoms with E-state index in [9.17, 15) is 8.42 Å². The summed E-state index contributed by atoms with van der Waals surface area (Å²) in [5.74, 6) is 0. The van der Waals surface area contributed by atoms with Gasteiger partial charge in [0.05, 0.1) is 16.5 Å². The van der Waals surface area contributed by atoms with Crippen LogP contribution in [0, 0.1) is 0 Å². The number of hydrogen-bond acceptors (Lipinski definition) is 5. The van der Waals surface area contributed by atoms with Gasteiger partial charge in [-0.2, -0.15) is 0 Å². The number of nitrogens with zero attached hydrogens (tertiary/aromatic N) is 1. The van der Waals surface area contributed by atoms with Crippen LogP contribution < -0.4 is 10.5 Å². The molecule has 0 amide bonds. The maximum absolute atomic E-state index is 11.5. The first kappa shape index (κ1) is 12.6. The van der Waals surface area contributed by atoms with Crippen molar-refractivity contribution in [2.45, 2.75) is 18.6 Å². The van der Waals surface area contributed by atoms with E-state index in [1.165, 1.54) is 11.3 Å². The van der Waals surface area contributed by atoms with E-state index in [0.717, 1.165) is 5.69 Å². The third-order valence-electron chi connectivity index (χ3n) is 2.03. The fourth-order valence-corrected chi connectivity index (χ4v) is 2.47. The molecule has 5 nitrogen and oxygen atoms in total. The fourth-order valence-electron chi connectivity index (χ4n) is 0.951. The molecule has 0 bridgehead atoms. The van der Waals surface area contributed by atoms with Crippen molar-refractivity contribution in [3.63, 3.8) is 0 Å². The molecule has 0 saturated carbocycles. The maximum atomic E-state index is 11.5. The minimum absolute atomic E-state index is 0.131. The molecule has 0 spiro atoms. The molecular weight excluding hydrogens is 234 g/mol. The Morgan fingerprint density at radius 2 is 2.40 bits per heavy atom. The molecule has 1 unspecified atom stereocenters. The van der Waals surface area contributed by atoms with Crippen LogP contribution in [0.4, 0.5) is 0 Å². The Morgan fingerprint density at radius 3 is 2.93 bits per heavy atom. The number of nitrogens with one attached hydrogen (secondary N) is 1. The van der Waals surface area contributed by atoms with Crippen molar-refractivity contribution in [2.75, 3.05) is 13.1 Å². The van der Waals surface area contributed by atoms with Crippen molar-refractivity contribution >= 4 is 21.4 Å². The molecule has 86 valence electrons.